The molecule has 0 aliphatic heterocycles. The molecule has 0 radical (unpaired) electrons. The van der Waals surface area contributed by atoms with Crippen LogP contribution in [-0.2, 0) is 0 Å². The number of ether oxygens (including phenoxy) is 1. The van der Waals surface area contributed by atoms with Crippen molar-refractivity contribution in [2.24, 2.45) is 0 Å². The molecule has 0 spiro atoms. The summed E-state index contributed by atoms with van der Waals surface area (Å²) in [4.78, 5) is 20.4. The lowest BCUT2D eigenvalue weighted by molar-refractivity contribution is 0.102. The molecule has 0 bridgehead atoms. The average Bonchev–Trinajstić information content (AvgIpc) is 2.69. The van der Waals surface area contributed by atoms with E-state index in [1.807, 2.05) is 30.3 Å². The molecule has 1 aromatic heterocycles. The second-order valence-electron chi connectivity index (χ2n) is 5.36. The zero-order valence-corrected chi connectivity index (χ0v) is 14.1. The first-order valence-electron chi connectivity index (χ1n) is 8.06. The summed E-state index contributed by atoms with van der Waals surface area (Å²) in [5.74, 6) is 1.61. The highest BCUT2D eigenvalue weighted by Gasteiger charge is 2.08. The van der Waals surface area contributed by atoms with E-state index in [1.54, 1.807) is 30.3 Å². The van der Waals surface area contributed by atoms with Crippen molar-refractivity contribution in [3.05, 3.63) is 85.2 Å². The normalized spacial score (nSPS) is 10.0. The highest BCUT2D eigenvalue weighted by Crippen LogP contribution is 2.22. The first-order valence-corrected chi connectivity index (χ1v) is 8.06. The Bertz CT molecular complexity index is 863. The van der Waals surface area contributed by atoms with Gasteiger partial charge in [-0.1, -0.05) is 24.3 Å². The number of carbonyl (C=O) groups is 1. The standard InChI is InChI=1S/C20H18N4O2/c1-2-12-21-20-22-13-15(14-23-20)19(25)24-16-8-10-18(11-9-16)26-17-6-4-3-5-7-17/h2-11,13-14H,1,12H2,(H,24,25)(H,21,22,23). The third-order valence-corrected chi connectivity index (χ3v) is 3.41. The van der Waals surface area contributed by atoms with Crippen LogP contribution in [0.1, 0.15) is 10.4 Å². The second-order valence-corrected chi connectivity index (χ2v) is 5.36. The number of amides is 1. The molecule has 6 heteroatoms. The van der Waals surface area contributed by atoms with Crippen molar-refractivity contribution in [3.8, 4) is 11.5 Å². The lowest BCUT2D eigenvalue weighted by atomic mass is 10.2. The number of hydrogen-bond donors (Lipinski definition) is 2. The smallest absolute Gasteiger partial charge is 0.258 e. The van der Waals surface area contributed by atoms with Crippen LogP contribution in [0.5, 0.6) is 11.5 Å². The number of rotatable bonds is 7. The molecule has 26 heavy (non-hydrogen) atoms. The van der Waals surface area contributed by atoms with Crippen molar-refractivity contribution < 1.29 is 9.53 Å². The number of anilines is 2. The van der Waals surface area contributed by atoms with E-state index in [0.29, 0.717) is 29.5 Å². The van der Waals surface area contributed by atoms with Gasteiger partial charge in [0.25, 0.3) is 5.91 Å². The van der Waals surface area contributed by atoms with Crippen molar-refractivity contribution in [1.82, 2.24) is 9.97 Å². The van der Waals surface area contributed by atoms with Gasteiger partial charge in [-0.25, -0.2) is 9.97 Å². The van der Waals surface area contributed by atoms with E-state index < -0.39 is 0 Å². The Labute approximate surface area is 151 Å². The van der Waals surface area contributed by atoms with Gasteiger partial charge < -0.3 is 15.4 Å². The van der Waals surface area contributed by atoms with E-state index in [4.69, 9.17) is 4.74 Å². The van der Waals surface area contributed by atoms with Gasteiger partial charge in [0.2, 0.25) is 5.95 Å². The SMILES string of the molecule is C=CCNc1ncc(C(=O)Nc2ccc(Oc3ccccc3)cc2)cn1. The van der Waals surface area contributed by atoms with Crippen LogP contribution in [0, 0.1) is 0 Å². The van der Waals surface area contributed by atoms with Crippen LogP contribution in [0.4, 0.5) is 11.6 Å². The fraction of sp³-hybridized carbons (Fsp3) is 0.0500. The maximum atomic E-state index is 12.3. The third kappa shape index (κ3) is 4.67. The Kier molecular flexibility index (Phi) is 5.57. The molecule has 1 heterocycles. The highest BCUT2D eigenvalue weighted by atomic mass is 16.5. The molecule has 0 unspecified atom stereocenters. The number of aromatic nitrogens is 2. The minimum absolute atomic E-state index is 0.281. The molecule has 1 amide bonds. The van der Waals surface area contributed by atoms with Crippen LogP contribution < -0.4 is 15.4 Å². The van der Waals surface area contributed by atoms with Gasteiger partial charge in [0.1, 0.15) is 11.5 Å². The molecule has 0 atom stereocenters. The topological polar surface area (TPSA) is 76.1 Å². The van der Waals surface area contributed by atoms with Gasteiger partial charge in [-0.15, -0.1) is 6.58 Å². The van der Waals surface area contributed by atoms with Gasteiger partial charge in [0, 0.05) is 24.6 Å². The first-order chi connectivity index (χ1) is 12.7. The molecular formula is C20H18N4O2. The number of carbonyl (C=O) groups excluding carboxylic acids is 1. The number of nitrogens with zero attached hydrogens (tertiary/aromatic N) is 2. The molecule has 2 aromatic carbocycles. The number of nitrogens with one attached hydrogen (secondary N) is 2. The Morgan fingerprint density at radius 2 is 1.65 bits per heavy atom. The maximum absolute atomic E-state index is 12.3. The van der Waals surface area contributed by atoms with Gasteiger partial charge in [-0.2, -0.15) is 0 Å². The number of hydrogen-bond acceptors (Lipinski definition) is 5. The lowest BCUT2D eigenvalue weighted by Gasteiger charge is -2.08. The first kappa shape index (κ1) is 17.2. The molecule has 0 fully saturated rings. The monoisotopic (exact) mass is 346 g/mol. The summed E-state index contributed by atoms with van der Waals surface area (Å²) in [6.07, 6.45) is 4.65. The minimum Gasteiger partial charge on any atom is -0.457 e. The zero-order valence-electron chi connectivity index (χ0n) is 14.1. The van der Waals surface area contributed by atoms with Crippen molar-refractivity contribution in [3.63, 3.8) is 0 Å². The molecule has 6 nitrogen and oxygen atoms in total. The number of para-hydroxylation sites is 1. The van der Waals surface area contributed by atoms with Crippen molar-refractivity contribution >= 4 is 17.5 Å². The van der Waals surface area contributed by atoms with Crippen LogP contribution in [-0.4, -0.2) is 22.4 Å². The Balaban J connectivity index is 1.59. The second kappa shape index (κ2) is 8.43. The van der Waals surface area contributed by atoms with Crippen molar-refractivity contribution in [2.45, 2.75) is 0 Å². The van der Waals surface area contributed by atoms with E-state index >= 15 is 0 Å². The lowest BCUT2D eigenvalue weighted by Crippen LogP contribution is -2.13. The summed E-state index contributed by atoms with van der Waals surface area (Å²) in [6.45, 7) is 4.17. The molecule has 2 N–H and O–H groups in total. The van der Waals surface area contributed by atoms with E-state index in [9.17, 15) is 4.79 Å². The molecule has 3 aromatic rings. The molecule has 0 aliphatic carbocycles. The van der Waals surface area contributed by atoms with Crippen LogP contribution in [0.2, 0.25) is 0 Å². The molecule has 130 valence electrons. The van der Waals surface area contributed by atoms with Gasteiger partial charge in [0.05, 0.1) is 5.56 Å². The largest absolute Gasteiger partial charge is 0.457 e. The van der Waals surface area contributed by atoms with Crippen LogP contribution in [0.25, 0.3) is 0 Å². The van der Waals surface area contributed by atoms with Crippen LogP contribution >= 0.6 is 0 Å². The predicted molar refractivity (Wildman–Crippen MR) is 102 cm³/mol. The summed E-state index contributed by atoms with van der Waals surface area (Å²) >= 11 is 0. The van der Waals surface area contributed by atoms with E-state index in [2.05, 4.69) is 27.2 Å². The Hall–Kier alpha value is -3.67. The summed E-state index contributed by atoms with van der Waals surface area (Å²) in [5.41, 5.74) is 1.03. The highest BCUT2D eigenvalue weighted by molar-refractivity contribution is 6.03. The van der Waals surface area contributed by atoms with Gasteiger partial charge in [0.15, 0.2) is 0 Å². The summed E-state index contributed by atoms with van der Waals surface area (Å²) in [6, 6.07) is 16.6. The molecular weight excluding hydrogens is 328 g/mol. The maximum Gasteiger partial charge on any atom is 0.258 e. The minimum atomic E-state index is -0.281. The number of benzene rings is 2. The molecule has 0 saturated heterocycles. The Morgan fingerprint density at radius 3 is 2.31 bits per heavy atom. The third-order valence-electron chi connectivity index (χ3n) is 3.41. The predicted octanol–water partition coefficient (Wildman–Crippen LogP) is 4.12. The summed E-state index contributed by atoms with van der Waals surface area (Å²) in [7, 11) is 0. The molecule has 3 rings (SSSR count). The van der Waals surface area contributed by atoms with Crippen LogP contribution in [0.3, 0.4) is 0 Å². The van der Waals surface area contributed by atoms with Crippen LogP contribution in [0.15, 0.2) is 79.6 Å². The van der Waals surface area contributed by atoms with E-state index in [-0.39, 0.29) is 5.91 Å². The quantitative estimate of drug-likeness (QED) is 0.629. The zero-order chi connectivity index (χ0) is 18.2. The summed E-state index contributed by atoms with van der Waals surface area (Å²) < 4.78 is 5.72. The molecule has 0 saturated carbocycles. The fourth-order valence-corrected chi connectivity index (χ4v) is 2.13. The van der Waals surface area contributed by atoms with Crippen molar-refractivity contribution in [2.75, 3.05) is 17.2 Å². The van der Waals surface area contributed by atoms with E-state index in [0.717, 1.165) is 5.75 Å². The average molecular weight is 346 g/mol. The van der Waals surface area contributed by atoms with E-state index in [1.165, 1.54) is 12.4 Å². The van der Waals surface area contributed by atoms with Gasteiger partial charge in [-0.3, -0.25) is 4.79 Å². The van der Waals surface area contributed by atoms with Gasteiger partial charge in [-0.05, 0) is 36.4 Å². The van der Waals surface area contributed by atoms with Gasteiger partial charge >= 0.3 is 0 Å². The summed E-state index contributed by atoms with van der Waals surface area (Å²) in [5, 5.41) is 5.75. The van der Waals surface area contributed by atoms with Crippen molar-refractivity contribution in [1.29, 1.82) is 0 Å². The molecule has 0 aliphatic rings. The Morgan fingerprint density at radius 1 is 1.00 bits per heavy atom. The fourth-order valence-electron chi connectivity index (χ4n) is 2.13.